The fourth-order valence-corrected chi connectivity index (χ4v) is 4.09. The third-order valence-corrected chi connectivity index (χ3v) is 5.68. The number of nitrogens with one attached hydrogen (secondary N) is 1. The minimum atomic E-state index is -0.269. The highest BCUT2D eigenvalue weighted by molar-refractivity contribution is 7.19. The fraction of sp³-hybridized carbons (Fsp3) is 0.0435. The van der Waals surface area contributed by atoms with Crippen molar-refractivity contribution in [1.82, 2.24) is 4.98 Å². The lowest BCUT2D eigenvalue weighted by molar-refractivity contribution is 0.102. The van der Waals surface area contributed by atoms with Gasteiger partial charge in [0.25, 0.3) is 5.91 Å². The van der Waals surface area contributed by atoms with E-state index < -0.39 is 0 Å². The topological polar surface area (TPSA) is 42.0 Å². The zero-order valence-electron chi connectivity index (χ0n) is 15.1. The number of aryl methyl sites for hydroxylation is 1. The molecule has 0 saturated heterocycles. The van der Waals surface area contributed by atoms with Crippen molar-refractivity contribution in [3.05, 3.63) is 95.0 Å². The molecule has 0 aliphatic rings. The molecule has 4 rings (SSSR count). The van der Waals surface area contributed by atoms with Gasteiger partial charge in [0.2, 0.25) is 0 Å². The second kappa shape index (κ2) is 7.97. The van der Waals surface area contributed by atoms with Crippen LogP contribution < -0.4 is 5.32 Å². The van der Waals surface area contributed by atoms with E-state index in [2.05, 4.69) is 36.5 Å². The maximum absolute atomic E-state index is 12.6. The summed E-state index contributed by atoms with van der Waals surface area (Å²) in [6, 6.07) is 25.3. The first-order valence-corrected chi connectivity index (χ1v) is 10.0. The number of halogens is 1. The maximum Gasteiger partial charge on any atom is 0.258 e. The predicted molar refractivity (Wildman–Crippen MR) is 117 cm³/mol. The monoisotopic (exact) mass is 404 g/mol. The van der Waals surface area contributed by atoms with E-state index in [4.69, 9.17) is 16.6 Å². The van der Waals surface area contributed by atoms with Gasteiger partial charge in [-0.05, 0) is 24.6 Å². The smallest absolute Gasteiger partial charge is 0.258 e. The van der Waals surface area contributed by atoms with Crippen LogP contribution in [0.1, 0.15) is 15.9 Å². The van der Waals surface area contributed by atoms with Gasteiger partial charge in [0.15, 0.2) is 5.13 Å². The van der Waals surface area contributed by atoms with Gasteiger partial charge in [-0.1, -0.05) is 95.2 Å². The fourth-order valence-electron chi connectivity index (χ4n) is 2.88. The SMILES string of the molecule is Cc1ccc(-c2nc(NC(=O)c3ccccc3Cl)sc2-c2ccccc2)cc1. The second-order valence-corrected chi connectivity index (χ2v) is 7.77. The molecule has 0 bridgehead atoms. The van der Waals surface area contributed by atoms with Gasteiger partial charge in [-0.15, -0.1) is 0 Å². The molecule has 0 saturated carbocycles. The average Bonchev–Trinajstić information content (AvgIpc) is 3.13. The first kappa shape index (κ1) is 18.4. The Labute approximate surface area is 172 Å². The molecule has 1 heterocycles. The average molecular weight is 405 g/mol. The first-order valence-electron chi connectivity index (χ1n) is 8.81. The van der Waals surface area contributed by atoms with Gasteiger partial charge < -0.3 is 0 Å². The van der Waals surface area contributed by atoms with Crippen molar-refractivity contribution in [3.63, 3.8) is 0 Å². The Bertz CT molecular complexity index is 1120. The molecule has 0 spiro atoms. The molecule has 0 aliphatic carbocycles. The molecule has 0 radical (unpaired) electrons. The number of hydrogen-bond acceptors (Lipinski definition) is 3. The number of anilines is 1. The van der Waals surface area contributed by atoms with Crippen molar-refractivity contribution in [3.8, 4) is 21.7 Å². The summed E-state index contributed by atoms with van der Waals surface area (Å²) in [6.07, 6.45) is 0. The molecule has 138 valence electrons. The van der Waals surface area contributed by atoms with Crippen LogP contribution in [0.3, 0.4) is 0 Å². The van der Waals surface area contributed by atoms with Crippen LogP contribution in [0, 0.1) is 6.92 Å². The molecule has 1 N–H and O–H groups in total. The predicted octanol–water partition coefficient (Wildman–Crippen LogP) is 6.69. The largest absolute Gasteiger partial charge is 0.298 e. The Kier molecular flexibility index (Phi) is 5.24. The lowest BCUT2D eigenvalue weighted by Crippen LogP contribution is -2.12. The lowest BCUT2D eigenvalue weighted by Gasteiger charge is -2.03. The van der Waals surface area contributed by atoms with Crippen molar-refractivity contribution in [2.45, 2.75) is 6.92 Å². The van der Waals surface area contributed by atoms with Gasteiger partial charge in [-0.3, -0.25) is 10.1 Å². The highest BCUT2D eigenvalue weighted by atomic mass is 35.5. The number of amides is 1. The van der Waals surface area contributed by atoms with Gasteiger partial charge in [0, 0.05) is 5.56 Å². The molecule has 4 aromatic rings. The van der Waals surface area contributed by atoms with Crippen molar-refractivity contribution >= 4 is 34.0 Å². The molecular formula is C23H17ClN2OS. The molecular weight excluding hydrogens is 388 g/mol. The normalized spacial score (nSPS) is 10.6. The molecule has 0 fully saturated rings. The molecule has 3 aromatic carbocycles. The van der Waals surface area contributed by atoms with E-state index in [1.165, 1.54) is 16.9 Å². The molecule has 1 amide bonds. The van der Waals surface area contributed by atoms with E-state index >= 15 is 0 Å². The van der Waals surface area contributed by atoms with Crippen LogP contribution in [-0.2, 0) is 0 Å². The number of hydrogen-bond donors (Lipinski definition) is 1. The van der Waals surface area contributed by atoms with Crippen LogP contribution in [0.15, 0.2) is 78.9 Å². The third-order valence-electron chi connectivity index (χ3n) is 4.33. The maximum atomic E-state index is 12.6. The van der Waals surface area contributed by atoms with E-state index in [1.807, 2.05) is 30.3 Å². The third kappa shape index (κ3) is 3.84. The number of carbonyl (C=O) groups excluding carboxylic acids is 1. The van der Waals surface area contributed by atoms with E-state index in [0.717, 1.165) is 21.7 Å². The van der Waals surface area contributed by atoms with E-state index in [0.29, 0.717) is 15.7 Å². The summed E-state index contributed by atoms with van der Waals surface area (Å²) in [6.45, 7) is 2.05. The molecule has 0 atom stereocenters. The van der Waals surface area contributed by atoms with Crippen LogP contribution in [-0.4, -0.2) is 10.9 Å². The Hall–Kier alpha value is -2.95. The van der Waals surface area contributed by atoms with Crippen LogP contribution in [0.5, 0.6) is 0 Å². The number of rotatable bonds is 4. The molecule has 0 unspecified atom stereocenters. The molecule has 5 heteroatoms. The number of carbonyl (C=O) groups is 1. The first-order chi connectivity index (χ1) is 13.6. The Morgan fingerprint density at radius 3 is 2.29 bits per heavy atom. The van der Waals surface area contributed by atoms with Crippen LogP contribution in [0.25, 0.3) is 21.7 Å². The van der Waals surface area contributed by atoms with Gasteiger partial charge in [-0.2, -0.15) is 0 Å². The van der Waals surface area contributed by atoms with Gasteiger partial charge in [0.1, 0.15) is 0 Å². The summed E-state index contributed by atoms with van der Waals surface area (Å²) in [5, 5.41) is 3.85. The molecule has 3 nitrogen and oxygen atoms in total. The highest BCUT2D eigenvalue weighted by Gasteiger charge is 2.18. The Balaban J connectivity index is 1.74. The molecule has 0 aliphatic heterocycles. The lowest BCUT2D eigenvalue weighted by atomic mass is 10.1. The number of benzene rings is 3. The van der Waals surface area contributed by atoms with E-state index in [9.17, 15) is 4.79 Å². The minimum Gasteiger partial charge on any atom is -0.298 e. The van der Waals surface area contributed by atoms with E-state index in [1.54, 1.807) is 24.3 Å². The zero-order chi connectivity index (χ0) is 19.5. The van der Waals surface area contributed by atoms with Gasteiger partial charge in [-0.25, -0.2) is 4.98 Å². The summed E-state index contributed by atoms with van der Waals surface area (Å²) >= 11 is 7.60. The standard InChI is InChI=1S/C23H17ClN2OS/c1-15-11-13-16(14-12-15)20-21(17-7-3-2-4-8-17)28-23(25-20)26-22(27)18-9-5-6-10-19(18)24/h2-14H,1H3,(H,25,26,27). The molecule has 1 aromatic heterocycles. The van der Waals surface area contributed by atoms with Crippen LogP contribution in [0.2, 0.25) is 5.02 Å². The van der Waals surface area contributed by atoms with Crippen molar-refractivity contribution in [2.75, 3.05) is 5.32 Å². The van der Waals surface area contributed by atoms with Gasteiger partial charge in [0.05, 0.1) is 21.2 Å². The summed E-state index contributed by atoms with van der Waals surface area (Å²) in [5.74, 6) is -0.269. The summed E-state index contributed by atoms with van der Waals surface area (Å²) in [5.41, 5.74) is 4.54. The zero-order valence-corrected chi connectivity index (χ0v) is 16.7. The van der Waals surface area contributed by atoms with Crippen molar-refractivity contribution < 1.29 is 4.79 Å². The second-order valence-electron chi connectivity index (χ2n) is 6.36. The quantitative estimate of drug-likeness (QED) is 0.411. The summed E-state index contributed by atoms with van der Waals surface area (Å²) < 4.78 is 0. The number of nitrogens with zero attached hydrogens (tertiary/aromatic N) is 1. The summed E-state index contributed by atoms with van der Waals surface area (Å²) in [4.78, 5) is 18.4. The van der Waals surface area contributed by atoms with Crippen molar-refractivity contribution in [1.29, 1.82) is 0 Å². The Morgan fingerprint density at radius 1 is 0.893 bits per heavy atom. The van der Waals surface area contributed by atoms with Crippen LogP contribution in [0.4, 0.5) is 5.13 Å². The number of thiazole rings is 1. The highest BCUT2D eigenvalue weighted by Crippen LogP contribution is 2.39. The van der Waals surface area contributed by atoms with Gasteiger partial charge >= 0.3 is 0 Å². The Morgan fingerprint density at radius 2 is 1.57 bits per heavy atom. The summed E-state index contributed by atoms with van der Waals surface area (Å²) in [7, 11) is 0. The minimum absolute atomic E-state index is 0.269. The van der Waals surface area contributed by atoms with Crippen molar-refractivity contribution in [2.24, 2.45) is 0 Å². The molecule has 28 heavy (non-hydrogen) atoms. The van der Waals surface area contributed by atoms with E-state index in [-0.39, 0.29) is 5.91 Å². The number of aromatic nitrogens is 1. The van der Waals surface area contributed by atoms with Crippen LogP contribution >= 0.6 is 22.9 Å².